The molecule has 1 N–H and O–H groups in total. The molecule has 0 saturated heterocycles. The first kappa shape index (κ1) is 12.4. The van der Waals surface area contributed by atoms with Crippen LogP contribution in [0.1, 0.15) is 38.9 Å². The molecule has 0 saturated carbocycles. The molecule has 0 radical (unpaired) electrons. The Morgan fingerprint density at radius 1 is 1.39 bits per heavy atom. The normalized spacial score (nSPS) is 10.6. The van der Waals surface area contributed by atoms with E-state index in [0.717, 1.165) is 22.0 Å². The highest BCUT2D eigenvalue weighted by Crippen LogP contribution is 2.25. The van der Waals surface area contributed by atoms with Crippen molar-refractivity contribution >= 4 is 23.2 Å². The lowest BCUT2D eigenvalue weighted by Gasteiger charge is -1.99. The quantitative estimate of drug-likeness (QED) is 0.668. The van der Waals surface area contributed by atoms with Gasteiger partial charge in [-0.2, -0.15) is 0 Å². The Bertz CT molecular complexity index is 625. The summed E-state index contributed by atoms with van der Waals surface area (Å²) in [6, 6.07) is 3.90. The van der Waals surface area contributed by atoms with E-state index in [4.69, 9.17) is 4.74 Å². The lowest BCUT2D eigenvalue weighted by molar-refractivity contribution is 0.0518. The van der Waals surface area contributed by atoms with Crippen LogP contribution in [-0.4, -0.2) is 23.8 Å². The summed E-state index contributed by atoms with van der Waals surface area (Å²) in [6.07, 6.45) is 0.698. The van der Waals surface area contributed by atoms with Crippen molar-refractivity contribution in [3.8, 4) is 0 Å². The molecule has 1 aromatic heterocycles. The molecule has 0 aliphatic rings. The lowest BCUT2D eigenvalue weighted by Crippen LogP contribution is -2.07. The Morgan fingerprint density at radius 2 is 2.11 bits per heavy atom. The average molecular weight is 245 g/mol. The Labute approximate surface area is 105 Å². The van der Waals surface area contributed by atoms with Gasteiger partial charge < -0.3 is 9.72 Å². The zero-order valence-electron chi connectivity index (χ0n) is 10.7. The van der Waals surface area contributed by atoms with E-state index < -0.39 is 5.97 Å². The van der Waals surface area contributed by atoms with E-state index >= 15 is 0 Å². The number of benzene rings is 1. The van der Waals surface area contributed by atoms with E-state index in [2.05, 4.69) is 4.98 Å². The number of carbonyl (C=O) groups excluding carboxylic acids is 2. The zero-order chi connectivity index (χ0) is 13.3. The molecule has 1 heterocycles. The number of H-pyrrole nitrogens is 1. The Morgan fingerprint density at radius 3 is 2.72 bits per heavy atom. The SMILES string of the molecule is CCOC(=O)c1[nH]c2c(C)cc(C)cc2c1C=O. The molecule has 0 atom stereocenters. The van der Waals surface area contributed by atoms with Crippen molar-refractivity contribution in [2.24, 2.45) is 0 Å². The fourth-order valence-corrected chi connectivity index (χ4v) is 2.16. The molecule has 4 heteroatoms. The first-order chi connectivity index (χ1) is 8.58. The van der Waals surface area contributed by atoms with Crippen molar-refractivity contribution in [3.63, 3.8) is 0 Å². The van der Waals surface area contributed by atoms with Gasteiger partial charge in [0.15, 0.2) is 6.29 Å². The van der Waals surface area contributed by atoms with E-state index in [-0.39, 0.29) is 12.3 Å². The fraction of sp³-hybridized carbons (Fsp3) is 0.286. The van der Waals surface area contributed by atoms with Crippen LogP contribution in [0.4, 0.5) is 0 Å². The summed E-state index contributed by atoms with van der Waals surface area (Å²) < 4.78 is 4.94. The van der Waals surface area contributed by atoms with E-state index in [1.165, 1.54) is 0 Å². The largest absolute Gasteiger partial charge is 0.461 e. The molecule has 0 aliphatic carbocycles. The van der Waals surface area contributed by atoms with Gasteiger partial charge in [-0.25, -0.2) is 4.79 Å². The zero-order valence-corrected chi connectivity index (χ0v) is 10.7. The number of hydrogen-bond donors (Lipinski definition) is 1. The maximum atomic E-state index is 11.8. The molecule has 4 nitrogen and oxygen atoms in total. The van der Waals surface area contributed by atoms with Crippen molar-refractivity contribution in [3.05, 3.63) is 34.5 Å². The molecule has 94 valence electrons. The molecule has 2 aromatic rings. The highest BCUT2D eigenvalue weighted by atomic mass is 16.5. The van der Waals surface area contributed by atoms with E-state index in [0.29, 0.717) is 11.8 Å². The van der Waals surface area contributed by atoms with Gasteiger partial charge in [-0.15, -0.1) is 0 Å². The van der Waals surface area contributed by atoms with Crippen molar-refractivity contribution < 1.29 is 14.3 Å². The van der Waals surface area contributed by atoms with E-state index in [9.17, 15) is 9.59 Å². The second-order valence-corrected chi connectivity index (χ2v) is 4.26. The third-order valence-electron chi connectivity index (χ3n) is 2.89. The van der Waals surface area contributed by atoms with Crippen LogP contribution in [0.15, 0.2) is 12.1 Å². The highest BCUT2D eigenvalue weighted by Gasteiger charge is 2.19. The molecular weight excluding hydrogens is 230 g/mol. The average Bonchev–Trinajstić information content (AvgIpc) is 2.68. The number of aldehydes is 1. The van der Waals surface area contributed by atoms with Crippen molar-refractivity contribution in [1.29, 1.82) is 0 Å². The minimum atomic E-state index is -0.493. The van der Waals surface area contributed by atoms with Gasteiger partial charge >= 0.3 is 5.97 Å². The first-order valence-corrected chi connectivity index (χ1v) is 5.83. The Hall–Kier alpha value is -2.10. The standard InChI is InChI=1S/C14H15NO3/c1-4-18-14(17)13-11(7-16)10-6-8(2)5-9(3)12(10)15-13/h5-7,15H,4H2,1-3H3. The van der Waals surface area contributed by atoms with Crippen molar-refractivity contribution in [1.82, 2.24) is 4.98 Å². The summed E-state index contributed by atoms with van der Waals surface area (Å²) in [5.41, 5.74) is 3.47. The summed E-state index contributed by atoms with van der Waals surface area (Å²) in [5.74, 6) is -0.493. The number of aromatic nitrogens is 1. The molecule has 0 unspecified atom stereocenters. The van der Waals surface area contributed by atoms with Crippen LogP contribution in [0.25, 0.3) is 10.9 Å². The summed E-state index contributed by atoms with van der Waals surface area (Å²) in [7, 11) is 0. The monoisotopic (exact) mass is 245 g/mol. The molecule has 0 bridgehead atoms. The van der Waals surface area contributed by atoms with Crippen LogP contribution >= 0.6 is 0 Å². The van der Waals surface area contributed by atoms with Crippen molar-refractivity contribution in [2.75, 3.05) is 6.61 Å². The molecule has 18 heavy (non-hydrogen) atoms. The molecule has 0 amide bonds. The Balaban J connectivity index is 2.72. The maximum absolute atomic E-state index is 11.8. The summed E-state index contributed by atoms with van der Waals surface area (Å²) in [4.78, 5) is 26.0. The fourth-order valence-electron chi connectivity index (χ4n) is 2.16. The number of fused-ring (bicyclic) bond motifs is 1. The number of aryl methyl sites for hydroxylation is 2. The topological polar surface area (TPSA) is 59.2 Å². The third-order valence-corrected chi connectivity index (χ3v) is 2.89. The van der Waals surface area contributed by atoms with Gasteiger partial charge in [0.05, 0.1) is 12.2 Å². The van der Waals surface area contributed by atoms with Gasteiger partial charge in [0.25, 0.3) is 0 Å². The van der Waals surface area contributed by atoms with Gasteiger partial charge in [-0.3, -0.25) is 4.79 Å². The number of hydrogen-bond acceptors (Lipinski definition) is 3. The predicted octanol–water partition coefficient (Wildman–Crippen LogP) is 2.77. The Kier molecular flexibility index (Phi) is 3.19. The maximum Gasteiger partial charge on any atom is 0.355 e. The number of carbonyl (C=O) groups is 2. The lowest BCUT2D eigenvalue weighted by atomic mass is 10.1. The number of rotatable bonds is 3. The van der Waals surface area contributed by atoms with E-state index in [1.54, 1.807) is 6.92 Å². The minimum absolute atomic E-state index is 0.232. The smallest absolute Gasteiger partial charge is 0.355 e. The summed E-state index contributed by atoms with van der Waals surface area (Å²) in [5, 5.41) is 0.769. The first-order valence-electron chi connectivity index (χ1n) is 5.83. The predicted molar refractivity (Wildman–Crippen MR) is 69.1 cm³/mol. The number of ether oxygens (including phenoxy) is 1. The molecule has 0 aliphatic heterocycles. The second-order valence-electron chi connectivity index (χ2n) is 4.26. The number of aromatic amines is 1. The van der Waals surface area contributed by atoms with Gasteiger partial charge in [0.1, 0.15) is 5.69 Å². The molecule has 1 aromatic carbocycles. The number of nitrogens with one attached hydrogen (secondary N) is 1. The van der Waals surface area contributed by atoms with Crippen LogP contribution in [0.5, 0.6) is 0 Å². The van der Waals surface area contributed by atoms with Gasteiger partial charge in [-0.1, -0.05) is 11.6 Å². The van der Waals surface area contributed by atoms with Crippen LogP contribution in [0.3, 0.4) is 0 Å². The van der Waals surface area contributed by atoms with Crippen LogP contribution in [-0.2, 0) is 4.74 Å². The van der Waals surface area contributed by atoms with Gasteiger partial charge in [0.2, 0.25) is 0 Å². The molecule has 2 rings (SSSR count). The van der Waals surface area contributed by atoms with Crippen LogP contribution in [0.2, 0.25) is 0 Å². The molecule has 0 fully saturated rings. The minimum Gasteiger partial charge on any atom is -0.461 e. The summed E-state index contributed by atoms with van der Waals surface area (Å²) in [6.45, 7) is 5.91. The third kappa shape index (κ3) is 1.90. The van der Waals surface area contributed by atoms with E-state index in [1.807, 2.05) is 26.0 Å². The highest BCUT2D eigenvalue weighted by molar-refractivity contribution is 6.08. The molecule has 0 spiro atoms. The van der Waals surface area contributed by atoms with Crippen molar-refractivity contribution in [2.45, 2.75) is 20.8 Å². The van der Waals surface area contributed by atoms with Crippen LogP contribution in [0, 0.1) is 13.8 Å². The van der Waals surface area contributed by atoms with Crippen LogP contribution < -0.4 is 0 Å². The molecular formula is C14H15NO3. The summed E-state index contributed by atoms with van der Waals surface area (Å²) >= 11 is 0. The van der Waals surface area contributed by atoms with Gasteiger partial charge in [0, 0.05) is 10.9 Å². The van der Waals surface area contributed by atoms with Gasteiger partial charge in [-0.05, 0) is 32.4 Å². The number of esters is 1. The second kappa shape index (κ2) is 4.64.